The highest BCUT2D eigenvalue weighted by Crippen LogP contribution is 2.44. The van der Waals surface area contributed by atoms with Crippen LogP contribution in [-0.2, 0) is 14.3 Å². The average molecular weight is 535 g/mol. The van der Waals surface area contributed by atoms with Gasteiger partial charge in [0.1, 0.15) is 5.78 Å². The number of amides is 1. The monoisotopic (exact) mass is 534 g/mol. The molecule has 1 amide bonds. The number of fused-ring (bicyclic) bond motifs is 1. The van der Waals surface area contributed by atoms with Crippen LogP contribution in [-0.4, -0.2) is 56.8 Å². The maximum absolute atomic E-state index is 13.6. The topological polar surface area (TPSA) is 112 Å². The van der Waals surface area contributed by atoms with Crippen molar-refractivity contribution in [1.29, 1.82) is 0 Å². The molecule has 7 nitrogen and oxygen atoms in total. The number of ketones is 1. The zero-order valence-electron chi connectivity index (χ0n) is 23.5. The van der Waals surface area contributed by atoms with Crippen LogP contribution >= 0.6 is 11.3 Å². The molecule has 0 saturated carbocycles. The summed E-state index contributed by atoms with van der Waals surface area (Å²) in [5, 5.41) is 28.3. The molecule has 2 saturated heterocycles. The first-order valence-electron chi connectivity index (χ1n) is 13.8. The number of aryl methyl sites for hydroxylation is 1. The lowest BCUT2D eigenvalue weighted by Crippen LogP contribution is -2.48. The number of rotatable bonds is 4. The Balaban J connectivity index is 1.88. The lowest BCUT2D eigenvalue weighted by atomic mass is 9.71. The average Bonchev–Trinajstić information content (AvgIpc) is 3.27. The number of ether oxygens (including phenoxy) is 1. The third kappa shape index (κ3) is 7.28. The molecule has 8 heteroatoms. The zero-order valence-corrected chi connectivity index (χ0v) is 24.4. The summed E-state index contributed by atoms with van der Waals surface area (Å²) in [7, 11) is 0. The first-order valence-corrected chi connectivity index (χ1v) is 14.6. The summed E-state index contributed by atoms with van der Waals surface area (Å²) < 4.78 is 6.13. The summed E-state index contributed by atoms with van der Waals surface area (Å²) in [5.74, 6) is -1.10. The number of aliphatic hydroxyl groups is 2. The van der Waals surface area contributed by atoms with Crippen molar-refractivity contribution in [2.24, 2.45) is 17.3 Å². The van der Waals surface area contributed by atoms with Crippen LogP contribution in [0.15, 0.2) is 11.0 Å². The van der Waals surface area contributed by atoms with Gasteiger partial charge in [0.2, 0.25) is 5.91 Å². The van der Waals surface area contributed by atoms with E-state index >= 15 is 0 Å². The van der Waals surface area contributed by atoms with Crippen LogP contribution < -0.4 is 5.32 Å². The Kier molecular flexibility index (Phi) is 9.76. The number of epoxide rings is 1. The summed E-state index contributed by atoms with van der Waals surface area (Å²) in [4.78, 5) is 31.3. The Hall–Kier alpha value is -1.61. The molecule has 1 aromatic rings. The number of nitrogens with zero attached hydrogens (tertiary/aromatic N) is 1. The maximum atomic E-state index is 13.6. The molecule has 0 unspecified atom stereocenters. The van der Waals surface area contributed by atoms with Crippen LogP contribution in [0.1, 0.15) is 97.2 Å². The van der Waals surface area contributed by atoms with Gasteiger partial charge in [0.15, 0.2) is 0 Å². The third-order valence-electron chi connectivity index (χ3n) is 8.49. The molecule has 3 N–H and O–H groups in total. The standard InChI is InChI=1S/C29H46N2O5S/c1-8-10-21-26(34)17(2)11-9-12-29(7)24(36-29)14-22(18(3)13-20-16-37-19(4)30-20)31-25(33)15-23(32)28(5,6)27(21)35/h13,16-17,21-24,26,32,34H,8-12,14-15H2,1-7H3,(H,31,33)/b18-13+/t17-,21+,22-,23-,24-,26-,29+/m0/s1. The van der Waals surface area contributed by atoms with E-state index in [2.05, 4.69) is 17.2 Å². The van der Waals surface area contributed by atoms with Gasteiger partial charge in [-0.2, -0.15) is 0 Å². The molecule has 0 aliphatic carbocycles. The predicted octanol–water partition coefficient (Wildman–Crippen LogP) is 4.83. The highest BCUT2D eigenvalue weighted by molar-refractivity contribution is 7.09. The van der Waals surface area contributed by atoms with Gasteiger partial charge in [0.05, 0.1) is 52.5 Å². The molecule has 2 fully saturated rings. The van der Waals surface area contributed by atoms with Crippen LogP contribution in [0.4, 0.5) is 0 Å². The molecular weight excluding hydrogens is 488 g/mol. The van der Waals surface area contributed by atoms with Crippen molar-refractivity contribution in [2.75, 3.05) is 0 Å². The Labute approximate surface area is 226 Å². The van der Waals surface area contributed by atoms with Crippen LogP contribution in [0.5, 0.6) is 0 Å². The molecule has 0 radical (unpaired) electrons. The van der Waals surface area contributed by atoms with E-state index in [1.165, 1.54) is 0 Å². The number of thiazole rings is 1. The Bertz CT molecular complexity index is 989. The first kappa shape index (κ1) is 29.9. The maximum Gasteiger partial charge on any atom is 0.223 e. The minimum absolute atomic E-state index is 0.0160. The summed E-state index contributed by atoms with van der Waals surface area (Å²) in [6.45, 7) is 13.4. The smallest absolute Gasteiger partial charge is 0.223 e. The normalized spacial score (nSPS) is 36.1. The number of aliphatic hydroxyl groups excluding tert-OH is 2. The second-order valence-electron chi connectivity index (χ2n) is 12.0. The van der Waals surface area contributed by atoms with E-state index in [0.29, 0.717) is 12.8 Å². The van der Waals surface area contributed by atoms with Gasteiger partial charge < -0.3 is 20.3 Å². The van der Waals surface area contributed by atoms with E-state index in [9.17, 15) is 19.8 Å². The minimum Gasteiger partial charge on any atom is -0.392 e. The molecule has 3 heterocycles. The summed E-state index contributed by atoms with van der Waals surface area (Å²) in [6.07, 6.45) is 4.36. The van der Waals surface area contributed by atoms with Crippen molar-refractivity contribution in [3.8, 4) is 0 Å². The van der Waals surface area contributed by atoms with Crippen molar-refractivity contribution >= 4 is 29.1 Å². The molecule has 208 valence electrons. The van der Waals surface area contributed by atoms with Crippen molar-refractivity contribution in [2.45, 2.75) is 123 Å². The van der Waals surface area contributed by atoms with Gasteiger partial charge in [0, 0.05) is 17.7 Å². The van der Waals surface area contributed by atoms with E-state index in [1.54, 1.807) is 25.2 Å². The highest BCUT2D eigenvalue weighted by atomic mass is 32.1. The van der Waals surface area contributed by atoms with Crippen molar-refractivity contribution in [3.63, 3.8) is 0 Å². The number of nitrogens with one attached hydrogen (secondary N) is 1. The number of hydrogen-bond donors (Lipinski definition) is 3. The van der Waals surface area contributed by atoms with Gasteiger partial charge in [-0.25, -0.2) is 4.98 Å². The molecule has 2 aliphatic rings. The first-order chi connectivity index (χ1) is 17.3. The van der Waals surface area contributed by atoms with Gasteiger partial charge in [-0.05, 0) is 57.6 Å². The molecule has 3 rings (SSSR count). The van der Waals surface area contributed by atoms with Gasteiger partial charge in [0.25, 0.3) is 0 Å². The second kappa shape index (κ2) is 12.1. The SMILES string of the molecule is CCC[C@H]1C(=O)C(C)(C)[C@@H](O)CC(=O)N[C@H](/C(C)=C/c2csc(C)n2)C[C@@H]2O[C@]2(C)CCC[C@H](C)[C@@H]1O. The van der Waals surface area contributed by atoms with Crippen molar-refractivity contribution in [1.82, 2.24) is 10.3 Å². The molecular formula is C29H46N2O5S. The van der Waals surface area contributed by atoms with E-state index in [1.807, 2.05) is 39.2 Å². The van der Waals surface area contributed by atoms with Crippen LogP contribution in [0, 0.1) is 24.2 Å². The molecule has 1 aromatic heterocycles. The fourth-order valence-corrected chi connectivity index (χ4v) is 6.17. The fraction of sp³-hybridized carbons (Fsp3) is 0.759. The van der Waals surface area contributed by atoms with Crippen molar-refractivity contribution < 1.29 is 24.5 Å². The quantitative estimate of drug-likeness (QED) is 0.477. The Morgan fingerprint density at radius 2 is 2.00 bits per heavy atom. The fourth-order valence-electron chi connectivity index (χ4n) is 5.60. The molecule has 0 spiro atoms. The van der Waals surface area contributed by atoms with E-state index < -0.39 is 23.5 Å². The summed E-state index contributed by atoms with van der Waals surface area (Å²) >= 11 is 1.58. The third-order valence-corrected chi connectivity index (χ3v) is 9.29. The van der Waals surface area contributed by atoms with Crippen LogP contribution in [0.2, 0.25) is 0 Å². The van der Waals surface area contributed by atoms with E-state index in [0.717, 1.165) is 42.0 Å². The highest BCUT2D eigenvalue weighted by Gasteiger charge is 2.52. The molecule has 0 bridgehead atoms. The minimum atomic E-state index is -1.16. The second-order valence-corrected chi connectivity index (χ2v) is 13.1. The Morgan fingerprint density at radius 1 is 1.30 bits per heavy atom. The summed E-state index contributed by atoms with van der Waals surface area (Å²) in [6, 6.07) is -0.270. The van der Waals surface area contributed by atoms with Crippen LogP contribution in [0.3, 0.4) is 0 Å². The lowest BCUT2D eigenvalue weighted by molar-refractivity contribution is -0.144. The van der Waals surface area contributed by atoms with E-state index in [-0.39, 0.29) is 41.8 Å². The molecule has 2 aliphatic heterocycles. The molecule has 0 aromatic carbocycles. The van der Waals surface area contributed by atoms with Crippen molar-refractivity contribution in [3.05, 3.63) is 21.7 Å². The molecule has 7 atom stereocenters. The Morgan fingerprint density at radius 3 is 2.62 bits per heavy atom. The predicted molar refractivity (Wildman–Crippen MR) is 147 cm³/mol. The lowest BCUT2D eigenvalue weighted by Gasteiger charge is -2.36. The largest absolute Gasteiger partial charge is 0.392 e. The zero-order chi connectivity index (χ0) is 27.5. The number of hydrogen-bond acceptors (Lipinski definition) is 7. The van der Waals surface area contributed by atoms with E-state index in [4.69, 9.17) is 4.74 Å². The molecule has 37 heavy (non-hydrogen) atoms. The number of Topliss-reactive ketones (excluding diaryl/α,β-unsaturated/α-hetero) is 1. The van der Waals surface area contributed by atoms with Gasteiger partial charge in [-0.15, -0.1) is 11.3 Å². The number of carbonyl (C=O) groups is 2. The van der Waals surface area contributed by atoms with Gasteiger partial charge in [-0.3, -0.25) is 9.59 Å². The van der Waals surface area contributed by atoms with Gasteiger partial charge in [-0.1, -0.05) is 40.5 Å². The van der Waals surface area contributed by atoms with Crippen LogP contribution in [0.25, 0.3) is 6.08 Å². The number of carbonyl (C=O) groups excluding carboxylic acids is 2. The summed E-state index contributed by atoms with van der Waals surface area (Å²) in [5.41, 5.74) is 0.415. The number of aromatic nitrogens is 1. The van der Waals surface area contributed by atoms with Gasteiger partial charge >= 0.3 is 0 Å².